The fraction of sp³-hybridized carbons (Fsp3) is 0.133. The molecule has 1 heterocycles. The number of carbonyl (C=O) groups excluding carboxylic acids is 2. The van der Waals surface area contributed by atoms with Crippen molar-refractivity contribution in [1.29, 1.82) is 0 Å². The summed E-state index contributed by atoms with van der Waals surface area (Å²) in [5, 5.41) is 0.0270. The first-order valence-corrected chi connectivity index (χ1v) is 7.06. The van der Waals surface area contributed by atoms with Crippen LogP contribution < -0.4 is 0 Å². The molecule has 0 bridgehead atoms. The average Bonchev–Trinajstić information content (AvgIpc) is 2.53. The van der Waals surface area contributed by atoms with E-state index in [9.17, 15) is 22.8 Å². The monoisotopic (exact) mass is 341 g/mol. The van der Waals surface area contributed by atoms with E-state index in [2.05, 4.69) is 9.72 Å². The zero-order chi connectivity index (χ0) is 17.0. The van der Waals surface area contributed by atoms with Gasteiger partial charge in [-0.15, -0.1) is 0 Å². The lowest BCUT2D eigenvalue weighted by atomic mass is 10.1. The van der Waals surface area contributed by atoms with Gasteiger partial charge in [-0.3, -0.25) is 4.79 Å². The SMILES string of the molecule is COC(=O)c1cccnc1Sc1c(C=O)cccc1C(F)(F)F. The highest BCUT2D eigenvalue weighted by Gasteiger charge is 2.35. The number of esters is 1. The smallest absolute Gasteiger partial charge is 0.417 e. The van der Waals surface area contributed by atoms with Crippen LogP contribution in [-0.4, -0.2) is 24.3 Å². The number of rotatable bonds is 4. The number of carbonyl (C=O) groups is 2. The normalized spacial score (nSPS) is 11.1. The van der Waals surface area contributed by atoms with Crippen LogP contribution in [0.4, 0.5) is 13.2 Å². The Balaban J connectivity index is 2.57. The van der Waals surface area contributed by atoms with Gasteiger partial charge in [-0.1, -0.05) is 23.9 Å². The van der Waals surface area contributed by atoms with Gasteiger partial charge < -0.3 is 4.74 Å². The van der Waals surface area contributed by atoms with E-state index in [4.69, 9.17) is 0 Å². The van der Waals surface area contributed by atoms with Crippen molar-refractivity contribution < 1.29 is 27.5 Å². The van der Waals surface area contributed by atoms with Crippen molar-refractivity contribution in [2.24, 2.45) is 0 Å². The van der Waals surface area contributed by atoms with Gasteiger partial charge >= 0.3 is 12.1 Å². The number of hydrogen-bond acceptors (Lipinski definition) is 5. The molecule has 0 unspecified atom stereocenters. The maximum atomic E-state index is 13.2. The summed E-state index contributed by atoms with van der Waals surface area (Å²) in [6.45, 7) is 0. The molecule has 2 rings (SSSR count). The summed E-state index contributed by atoms with van der Waals surface area (Å²) >= 11 is 0.599. The summed E-state index contributed by atoms with van der Waals surface area (Å²) in [4.78, 5) is 26.4. The van der Waals surface area contributed by atoms with E-state index in [1.807, 2.05) is 0 Å². The van der Waals surface area contributed by atoms with Crippen LogP contribution in [0.15, 0.2) is 46.5 Å². The second-order valence-corrected chi connectivity index (χ2v) is 5.29. The highest BCUT2D eigenvalue weighted by molar-refractivity contribution is 7.99. The molecular formula is C15H10F3NO3S. The van der Waals surface area contributed by atoms with Gasteiger partial charge in [0.2, 0.25) is 0 Å². The maximum absolute atomic E-state index is 13.2. The zero-order valence-corrected chi connectivity index (χ0v) is 12.6. The van der Waals surface area contributed by atoms with E-state index < -0.39 is 17.7 Å². The fourth-order valence-electron chi connectivity index (χ4n) is 1.82. The summed E-state index contributed by atoms with van der Waals surface area (Å²) < 4.78 is 44.0. The molecule has 1 aromatic heterocycles. The molecule has 0 N–H and O–H groups in total. The van der Waals surface area contributed by atoms with Crippen molar-refractivity contribution >= 4 is 24.0 Å². The van der Waals surface area contributed by atoms with Crippen molar-refractivity contribution in [2.75, 3.05) is 7.11 Å². The number of aromatic nitrogens is 1. The summed E-state index contributed by atoms with van der Waals surface area (Å²) in [6, 6.07) is 6.14. The van der Waals surface area contributed by atoms with Crippen LogP contribution in [0.2, 0.25) is 0 Å². The van der Waals surface area contributed by atoms with Gasteiger partial charge in [-0.25, -0.2) is 9.78 Å². The van der Waals surface area contributed by atoms with Crippen molar-refractivity contribution in [3.05, 3.63) is 53.2 Å². The van der Waals surface area contributed by atoms with E-state index in [0.717, 1.165) is 19.2 Å². The van der Waals surface area contributed by atoms with E-state index in [1.165, 1.54) is 24.4 Å². The molecule has 0 amide bonds. The largest absolute Gasteiger partial charge is 0.465 e. The Morgan fingerprint density at radius 2 is 2.00 bits per heavy atom. The number of methoxy groups -OCH3 is 1. The van der Waals surface area contributed by atoms with Crippen molar-refractivity contribution in [3.63, 3.8) is 0 Å². The Kier molecular flexibility index (Phi) is 5.05. The molecule has 0 spiro atoms. The minimum atomic E-state index is -4.64. The molecule has 23 heavy (non-hydrogen) atoms. The fourth-order valence-corrected chi connectivity index (χ4v) is 2.91. The number of aldehydes is 1. The molecule has 0 aliphatic rings. The Hall–Kier alpha value is -2.35. The van der Waals surface area contributed by atoms with Gasteiger partial charge in [0, 0.05) is 16.7 Å². The third-order valence-corrected chi connectivity index (χ3v) is 4.03. The van der Waals surface area contributed by atoms with Crippen LogP contribution >= 0.6 is 11.8 Å². The first-order chi connectivity index (χ1) is 10.9. The molecule has 2 aromatic rings. The predicted octanol–water partition coefficient (Wildman–Crippen LogP) is 3.85. The summed E-state index contributed by atoms with van der Waals surface area (Å²) in [5.41, 5.74) is -1.08. The molecule has 0 aliphatic heterocycles. The van der Waals surface area contributed by atoms with Crippen LogP contribution in [0, 0.1) is 0 Å². The highest BCUT2D eigenvalue weighted by Crippen LogP contribution is 2.41. The maximum Gasteiger partial charge on any atom is 0.417 e. The van der Waals surface area contributed by atoms with Gasteiger partial charge in [0.05, 0.1) is 18.2 Å². The minimum absolute atomic E-state index is 0.0221. The number of benzene rings is 1. The molecular weight excluding hydrogens is 331 g/mol. The molecule has 0 radical (unpaired) electrons. The van der Waals surface area contributed by atoms with Crippen LogP contribution in [0.3, 0.4) is 0 Å². The summed E-state index contributed by atoms with van der Waals surface area (Å²) in [5.74, 6) is -0.724. The van der Waals surface area contributed by atoms with E-state index >= 15 is 0 Å². The molecule has 0 fully saturated rings. The van der Waals surface area contributed by atoms with Crippen LogP contribution in [0.5, 0.6) is 0 Å². The third-order valence-electron chi connectivity index (χ3n) is 2.85. The molecule has 4 nitrogen and oxygen atoms in total. The number of pyridine rings is 1. The zero-order valence-electron chi connectivity index (χ0n) is 11.8. The second kappa shape index (κ2) is 6.82. The molecule has 120 valence electrons. The Morgan fingerprint density at radius 3 is 2.61 bits per heavy atom. The number of hydrogen-bond donors (Lipinski definition) is 0. The topological polar surface area (TPSA) is 56.3 Å². The lowest BCUT2D eigenvalue weighted by Crippen LogP contribution is -2.09. The number of alkyl halides is 3. The minimum Gasteiger partial charge on any atom is -0.465 e. The lowest BCUT2D eigenvalue weighted by Gasteiger charge is -2.14. The average molecular weight is 341 g/mol. The molecule has 0 atom stereocenters. The van der Waals surface area contributed by atoms with E-state index in [1.54, 1.807) is 0 Å². The Labute approximate surface area is 133 Å². The Bertz CT molecular complexity index is 747. The third kappa shape index (κ3) is 3.70. The molecule has 8 heteroatoms. The number of nitrogens with zero attached hydrogens (tertiary/aromatic N) is 1. The molecule has 0 aliphatic carbocycles. The molecule has 1 aromatic carbocycles. The first-order valence-electron chi connectivity index (χ1n) is 6.25. The van der Waals surface area contributed by atoms with Gasteiger partial charge in [0.15, 0.2) is 6.29 Å². The molecule has 0 saturated carbocycles. The van der Waals surface area contributed by atoms with Gasteiger partial charge in [-0.05, 0) is 18.2 Å². The first kappa shape index (κ1) is 17.0. The van der Waals surface area contributed by atoms with Crippen LogP contribution in [0.1, 0.15) is 26.3 Å². The van der Waals surface area contributed by atoms with Crippen molar-refractivity contribution in [1.82, 2.24) is 4.98 Å². The quantitative estimate of drug-likeness (QED) is 0.624. The number of halogens is 3. The number of ether oxygens (including phenoxy) is 1. The van der Waals surface area contributed by atoms with Crippen molar-refractivity contribution in [2.45, 2.75) is 16.1 Å². The molecule has 0 saturated heterocycles. The van der Waals surface area contributed by atoms with Crippen LogP contribution in [0.25, 0.3) is 0 Å². The van der Waals surface area contributed by atoms with E-state index in [0.29, 0.717) is 18.0 Å². The lowest BCUT2D eigenvalue weighted by molar-refractivity contribution is -0.139. The van der Waals surface area contributed by atoms with Crippen molar-refractivity contribution in [3.8, 4) is 0 Å². The second-order valence-electron chi connectivity index (χ2n) is 4.29. The summed E-state index contributed by atoms with van der Waals surface area (Å²) in [7, 11) is 1.16. The van der Waals surface area contributed by atoms with Crippen LogP contribution in [-0.2, 0) is 10.9 Å². The standard InChI is InChI=1S/C15H10F3NO3S/c1-22-14(21)10-5-3-7-19-13(10)23-12-9(8-20)4-2-6-11(12)15(16,17)18/h2-8H,1H3. The highest BCUT2D eigenvalue weighted by atomic mass is 32.2. The van der Waals surface area contributed by atoms with Gasteiger partial charge in [0.1, 0.15) is 5.03 Å². The van der Waals surface area contributed by atoms with E-state index in [-0.39, 0.29) is 21.0 Å². The van der Waals surface area contributed by atoms with Gasteiger partial charge in [-0.2, -0.15) is 13.2 Å². The predicted molar refractivity (Wildman–Crippen MR) is 76.5 cm³/mol. The summed E-state index contributed by atoms with van der Waals surface area (Å²) in [6.07, 6.45) is -2.97. The van der Waals surface area contributed by atoms with Gasteiger partial charge in [0.25, 0.3) is 0 Å². The Morgan fingerprint density at radius 1 is 1.26 bits per heavy atom.